The highest BCUT2D eigenvalue weighted by Gasteiger charge is 2.25. The van der Waals surface area contributed by atoms with E-state index in [4.69, 9.17) is 9.97 Å². The van der Waals surface area contributed by atoms with Gasteiger partial charge in [-0.05, 0) is 49.8 Å². The number of pyridine rings is 1. The first kappa shape index (κ1) is 18.9. The molecule has 158 valence electrons. The first-order valence-corrected chi connectivity index (χ1v) is 11.9. The summed E-state index contributed by atoms with van der Waals surface area (Å²) in [4.78, 5) is 19.1. The summed E-state index contributed by atoms with van der Waals surface area (Å²) in [5, 5.41) is 10.3. The van der Waals surface area contributed by atoms with Crippen LogP contribution >= 0.6 is 11.3 Å². The minimum Gasteiger partial charge on any atom is -0.351 e. The van der Waals surface area contributed by atoms with Gasteiger partial charge in [-0.2, -0.15) is 0 Å². The van der Waals surface area contributed by atoms with E-state index in [9.17, 15) is 0 Å². The molecule has 0 N–H and O–H groups in total. The maximum atomic E-state index is 5.06. The van der Waals surface area contributed by atoms with Gasteiger partial charge < -0.3 is 9.47 Å². The Balaban J connectivity index is 1.44. The average Bonchev–Trinajstić information content (AvgIpc) is 3.44. The lowest BCUT2D eigenvalue weighted by molar-refractivity contribution is 0.601. The van der Waals surface area contributed by atoms with E-state index >= 15 is 0 Å². The van der Waals surface area contributed by atoms with Gasteiger partial charge in [0.2, 0.25) is 0 Å². The number of anilines is 1. The molecule has 0 radical (unpaired) electrons. The zero-order valence-electron chi connectivity index (χ0n) is 17.7. The molecule has 8 heteroatoms. The molecule has 1 aliphatic heterocycles. The fourth-order valence-electron chi connectivity index (χ4n) is 4.83. The van der Waals surface area contributed by atoms with Gasteiger partial charge in [-0.15, -0.1) is 21.5 Å². The van der Waals surface area contributed by atoms with Gasteiger partial charge in [0.15, 0.2) is 11.6 Å². The number of rotatable bonds is 4. The van der Waals surface area contributed by atoms with Gasteiger partial charge in [0.25, 0.3) is 0 Å². The SMILES string of the molecule is CN(Cc1nnc2n1CCCCC2)c1nc(-c2cccnc2)nc2sc3c(c12)CCC3. The van der Waals surface area contributed by atoms with Crippen molar-refractivity contribution in [1.82, 2.24) is 29.7 Å². The van der Waals surface area contributed by atoms with Gasteiger partial charge in [-0.3, -0.25) is 4.98 Å². The van der Waals surface area contributed by atoms with Gasteiger partial charge >= 0.3 is 0 Å². The lowest BCUT2D eigenvalue weighted by Gasteiger charge is -2.20. The van der Waals surface area contributed by atoms with Crippen molar-refractivity contribution in [1.29, 1.82) is 0 Å². The Morgan fingerprint density at radius 2 is 2.03 bits per heavy atom. The molecule has 0 amide bonds. The Hall–Kier alpha value is -2.87. The zero-order valence-corrected chi connectivity index (χ0v) is 18.5. The Kier molecular flexibility index (Phi) is 4.67. The van der Waals surface area contributed by atoms with Crippen LogP contribution < -0.4 is 4.90 Å². The molecule has 0 bridgehead atoms. The number of nitrogens with zero attached hydrogens (tertiary/aromatic N) is 7. The third kappa shape index (κ3) is 3.29. The first-order chi connectivity index (χ1) is 15.3. The summed E-state index contributed by atoms with van der Waals surface area (Å²) >= 11 is 1.83. The standard InChI is InChI=1S/C23H25N7S/c1-29(14-19-28-27-18-10-3-2-4-12-30(18)19)22-20-16-8-5-9-17(16)31-23(20)26-21(25-22)15-7-6-11-24-13-15/h6-7,11,13H,2-5,8-10,12,14H2,1H3. The van der Waals surface area contributed by atoms with E-state index in [0.29, 0.717) is 6.54 Å². The van der Waals surface area contributed by atoms with Crippen molar-refractivity contribution in [3.8, 4) is 11.4 Å². The molecule has 0 saturated heterocycles. The molecule has 0 fully saturated rings. The molecule has 5 heterocycles. The van der Waals surface area contributed by atoms with Crippen LogP contribution in [-0.2, 0) is 32.4 Å². The van der Waals surface area contributed by atoms with E-state index in [0.717, 1.165) is 59.5 Å². The molecule has 7 nitrogen and oxygen atoms in total. The largest absolute Gasteiger partial charge is 0.351 e. The normalized spacial score (nSPS) is 15.6. The second-order valence-electron chi connectivity index (χ2n) is 8.50. The van der Waals surface area contributed by atoms with Crippen LogP contribution in [0.4, 0.5) is 5.82 Å². The van der Waals surface area contributed by atoms with Gasteiger partial charge in [-0.25, -0.2) is 9.97 Å². The Labute approximate surface area is 185 Å². The fraction of sp³-hybridized carbons (Fsp3) is 0.435. The fourth-order valence-corrected chi connectivity index (χ4v) is 6.08. The van der Waals surface area contributed by atoms with Crippen molar-refractivity contribution in [3.63, 3.8) is 0 Å². The molecule has 4 aromatic heterocycles. The van der Waals surface area contributed by atoms with Crippen LogP contribution in [-0.4, -0.2) is 36.8 Å². The molecule has 2 aliphatic rings. The van der Waals surface area contributed by atoms with E-state index in [1.165, 1.54) is 41.5 Å². The summed E-state index contributed by atoms with van der Waals surface area (Å²) in [5.74, 6) is 3.89. The van der Waals surface area contributed by atoms with Gasteiger partial charge in [0, 0.05) is 42.8 Å². The van der Waals surface area contributed by atoms with Crippen molar-refractivity contribution >= 4 is 27.4 Å². The van der Waals surface area contributed by atoms with Crippen molar-refractivity contribution in [3.05, 3.63) is 46.6 Å². The molecule has 31 heavy (non-hydrogen) atoms. The summed E-state index contributed by atoms with van der Waals surface area (Å²) in [6, 6.07) is 3.96. The summed E-state index contributed by atoms with van der Waals surface area (Å²) in [7, 11) is 2.12. The Morgan fingerprint density at radius 3 is 2.94 bits per heavy atom. The van der Waals surface area contributed by atoms with Crippen LogP contribution in [0.25, 0.3) is 21.6 Å². The molecule has 0 atom stereocenters. The highest BCUT2D eigenvalue weighted by molar-refractivity contribution is 7.19. The van der Waals surface area contributed by atoms with E-state index in [1.54, 1.807) is 6.20 Å². The number of fused-ring (bicyclic) bond motifs is 4. The van der Waals surface area contributed by atoms with Crippen molar-refractivity contribution in [2.45, 2.75) is 58.0 Å². The Bertz CT molecular complexity index is 1240. The molecular weight excluding hydrogens is 406 g/mol. The van der Waals surface area contributed by atoms with Crippen LogP contribution in [0.2, 0.25) is 0 Å². The lowest BCUT2D eigenvalue weighted by Crippen LogP contribution is -2.22. The minimum absolute atomic E-state index is 0.691. The van der Waals surface area contributed by atoms with Crippen LogP contribution in [0.15, 0.2) is 24.5 Å². The molecule has 1 aliphatic carbocycles. The van der Waals surface area contributed by atoms with E-state index in [-0.39, 0.29) is 0 Å². The van der Waals surface area contributed by atoms with Crippen LogP contribution in [0.3, 0.4) is 0 Å². The third-order valence-electron chi connectivity index (χ3n) is 6.39. The molecule has 0 spiro atoms. The highest BCUT2D eigenvalue weighted by Crippen LogP contribution is 2.41. The summed E-state index contributed by atoms with van der Waals surface area (Å²) in [6.45, 7) is 1.70. The third-order valence-corrected chi connectivity index (χ3v) is 7.58. The van der Waals surface area contributed by atoms with Crippen LogP contribution in [0, 0.1) is 0 Å². The van der Waals surface area contributed by atoms with Crippen molar-refractivity contribution in [2.24, 2.45) is 0 Å². The zero-order chi connectivity index (χ0) is 20.8. The number of thiophene rings is 1. The van der Waals surface area contributed by atoms with Gasteiger partial charge in [-0.1, -0.05) is 6.42 Å². The summed E-state index contributed by atoms with van der Waals surface area (Å²) in [5.41, 5.74) is 2.39. The summed E-state index contributed by atoms with van der Waals surface area (Å²) in [6.07, 6.45) is 11.8. The number of aryl methyl sites for hydroxylation is 3. The van der Waals surface area contributed by atoms with Gasteiger partial charge in [0.05, 0.1) is 11.9 Å². The minimum atomic E-state index is 0.691. The van der Waals surface area contributed by atoms with Crippen molar-refractivity contribution in [2.75, 3.05) is 11.9 Å². The highest BCUT2D eigenvalue weighted by atomic mass is 32.1. The smallest absolute Gasteiger partial charge is 0.164 e. The number of aromatic nitrogens is 6. The first-order valence-electron chi connectivity index (χ1n) is 11.1. The molecule has 6 rings (SSSR count). The van der Waals surface area contributed by atoms with E-state index in [1.807, 2.05) is 29.7 Å². The maximum Gasteiger partial charge on any atom is 0.164 e. The van der Waals surface area contributed by atoms with Gasteiger partial charge in [0.1, 0.15) is 16.5 Å². The van der Waals surface area contributed by atoms with Crippen LogP contribution in [0.1, 0.15) is 47.8 Å². The predicted molar refractivity (Wildman–Crippen MR) is 122 cm³/mol. The number of hydrogen-bond donors (Lipinski definition) is 0. The van der Waals surface area contributed by atoms with E-state index in [2.05, 4.69) is 31.7 Å². The van der Waals surface area contributed by atoms with Crippen molar-refractivity contribution < 1.29 is 0 Å². The number of hydrogen-bond acceptors (Lipinski definition) is 7. The maximum absolute atomic E-state index is 5.06. The van der Waals surface area contributed by atoms with Crippen LogP contribution in [0.5, 0.6) is 0 Å². The predicted octanol–water partition coefficient (Wildman–Crippen LogP) is 4.20. The molecule has 4 aromatic rings. The van der Waals surface area contributed by atoms with E-state index < -0.39 is 0 Å². The second-order valence-corrected chi connectivity index (χ2v) is 9.58. The topological polar surface area (TPSA) is 72.6 Å². The average molecular weight is 432 g/mol. The molecule has 0 aromatic carbocycles. The second kappa shape index (κ2) is 7.67. The quantitative estimate of drug-likeness (QED) is 0.482. The Morgan fingerprint density at radius 1 is 1.06 bits per heavy atom. The lowest BCUT2D eigenvalue weighted by atomic mass is 10.1. The molecule has 0 unspecified atom stereocenters. The molecule has 0 saturated carbocycles. The monoisotopic (exact) mass is 431 g/mol. The summed E-state index contributed by atoms with van der Waals surface area (Å²) < 4.78 is 2.32. The molecular formula is C23H25N7S.